The summed E-state index contributed by atoms with van der Waals surface area (Å²) in [5.41, 5.74) is 5.71. The second kappa shape index (κ2) is 5.26. The average Bonchev–Trinajstić information content (AvgIpc) is 2.89. The summed E-state index contributed by atoms with van der Waals surface area (Å²) in [4.78, 5) is 7.73. The summed E-state index contributed by atoms with van der Waals surface area (Å²) in [6.45, 7) is 4.07. The van der Waals surface area contributed by atoms with Crippen LogP contribution in [0.25, 0.3) is 22.7 Å². The van der Waals surface area contributed by atoms with Gasteiger partial charge in [-0.1, -0.05) is 30.3 Å². The first kappa shape index (κ1) is 13.1. The molecule has 102 valence electrons. The third kappa shape index (κ3) is 2.56. The maximum atomic E-state index is 9.43. The van der Waals surface area contributed by atoms with E-state index in [0.29, 0.717) is 11.4 Å². The SMILES string of the molecule is Cc1ccc2nc(C(C#N)=Cc3ccccc3C)[nH]c2c1. The van der Waals surface area contributed by atoms with Crippen LogP contribution in [0.15, 0.2) is 42.5 Å². The quantitative estimate of drug-likeness (QED) is 0.710. The summed E-state index contributed by atoms with van der Waals surface area (Å²) in [5.74, 6) is 0.612. The largest absolute Gasteiger partial charge is 0.337 e. The topological polar surface area (TPSA) is 52.5 Å². The minimum Gasteiger partial charge on any atom is -0.337 e. The highest BCUT2D eigenvalue weighted by Gasteiger charge is 2.08. The molecule has 3 aromatic rings. The van der Waals surface area contributed by atoms with E-state index >= 15 is 0 Å². The van der Waals surface area contributed by atoms with Crippen molar-refractivity contribution in [2.45, 2.75) is 13.8 Å². The zero-order chi connectivity index (χ0) is 14.8. The number of rotatable bonds is 2. The number of aromatic amines is 1. The number of nitrogens with one attached hydrogen (secondary N) is 1. The van der Waals surface area contributed by atoms with Gasteiger partial charge in [-0.15, -0.1) is 0 Å². The van der Waals surface area contributed by atoms with Crippen LogP contribution in [0.3, 0.4) is 0 Å². The normalized spacial score (nSPS) is 11.6. The number of allylic oxidation sites excluding steroid dienone is 1. The Balaban J connectivity index is 2.10. The molecule has 0 bridgehead atoms. The van der Waals surface area contributed by atoms with E-state index in [9.17, 15) is 5.26 Å². The van der Waals surface area contributed by atoms with Crippen molar-refractivity contribution in [1.29, 1.82) is 5.26 Å². The van der Waals surface area contributed by atoms with E-state index in [1.54, 1.807) is 0 Å². The molecule has 21 heavy (non-hydrogen) atoms. The van der Waals surface area contributed by atoms with Crippen LogP contribution in [0, 0.1) is 25.2 Å². The van der Waals surface area contributed by atoms with Crippen LogP contribution in [0.1, 0.15) is 22.5 Å². The molecule has 0 aliphatic heterocycles. The average molecular weight is 273 g/mol. The second-order valence-electron chi connectivity index (χ2n) is 5.13. The second-order valence-corrected chi connectivity index (χ2v) is 5.13. The lowest BCUT2D eigenvalue weighted by molar-refractivity contribution is 1.27. The molecule has 0 fully saturated rings. The maximum absolute atomic E-state index is 9.43. The van der Waals surface area contributed by atoms with Crippen LogP contribution in [-0.4, -0.2) is 9.97 Å². The molecule has 0 amide bonds. The van der Waals surface area contributed by atoms with Crippen molar-refractivity contribution >= 4 is 22.7 Å². The van der Waals surface area contributed by atoms with E-state index in [2.05, 4.69) is 16.0 Å². The predicted molar refractivity (Wildman–Crippen MR) is 85.5 cm³/mol. The number of aryl methyl sites for hydroxylation is 2. The fourth-order valence-corrected chi connectivity index (χ4v) is 2.31. The zero-order valence-electron chi connectivity index (χ0n) is 12.0. The molecule has 0 aliphatic carbocycles. The van der Waals surface area contributed by atoms with E-state index in [-0.39, 0.29) is 0 Å². The molecular weight excluding hydrogens is 258 g/mol. The number of nitriles is 1. The Labute approximate surface area is 123 Å². The molecule has 3 nitrogen and oxygen atoms in total. The first-order chi connectivity index (χ1) is 10.2. The Morgan fingerprint density at radius 2 is 2.00 bits per heavy atom. The standard InChI is InChI=1S/C18H15N3/c1-12-7-8-16-17(9-12)21-18(20-16)15(11-19)10-14-6-4-3-5-13(14)2/h3-10H,1-2H3,(H,20,21). The fourth-order valence-electron chi connectivity index (χ4n) is 2.31. The van der Waals surface area contributed by atoms with Crippen molar-refractivity contribution in [3.05, 3.63) is 65.0 Å². The van der Waals surface area contributed by atoms with E-state index < -0.39 is 0 Å². The predicted octanol–water partition coefficient (Wildman–Crippen LogP) is 4.24. The number of hydrogen-bond donors (Lipinski definition) is 1. The number of nitrogens with zero attached hydrogens (tertiary/aromatic N) is 2. The number of imidazole rings is 1. The van der Waals surface area contributed by atoms with Gasteiger partial charge in [-0.3, -0.25) is 0 Å². The Hall–Kier alpha value is -2.86. The van der Waals surface area contributed by atoms with Crippen LogP contribution in [0.2, 0.25) is 0 Å². The molecule has 3 heteroatoms. The molecule has 1 N–H and O–H groups in total. The highest BCUT2D eigenvalue weighted by Crippen LogP contribution is 2.21. The molecular formula is C18H15N3. The summed E-state index contributed by atoms with van der Waals surface area (Å²) in [7, 11) is 0. The monoisotopic (exact) mass is 273 g/mol. The van der Waals surface area contributed by atoms with Gasteiger partial charge >= 0.3 is 0 Å². The first-order valence-electron chi connectivity index (χ1n) is 6.81. The number of benzene rings is 2. The van der Waals surface area contributed by atoms with Crippen molar-refractivity contribution in [2.24, 2.45) is 0 Å². The lowest BCUT2D eigenvalue weighted by Gasteiger charge is -1.99. The first-order valence-corrected chi connectivity index (χ1v) is 6.81. The van der Waals surface area contributed by atoms with E-state index in [1.165, 1.54) is 5.56 Å². The zero-order valence-corrected chi connectivity index (χ0v) is 12.0. The van der Waals surface area contributed by atoms with Crippen LogP contribution < -0.4 is 0 Å². The molecule has 1 aromatic heterocycles. The highest BCUT2D eigenvalue weighted by molar-refractivity contribution is 5.90. The van der Waals surface area contributed by atoms with Gasteiger partial charge < -0.3 is 4.98 Å². The van der Waals surface area contributed by atoms with Gasteiger partial charge in [-0.05, 0) is 48.7 Å². The van der Waals surface area contributed by atoms with Crippen molar-refractivity contribution in [3.8, 4) is 6.07 Å². The van der Waals surface area contributed by atoms with Gasteiger partial charge in [0.05, 0.1) is 16.6 Å². The van der Waals surface area contributed by atoms with Gasteiger partial charge in [0, 0.05) is 0 Å². The number of fused-ring (bicyclic) bond motifs is 1. The van der Waals surface area contributed by atoms with Crippen molar-refractivity contribution in [1.82, 2.24) is 9.97 Å². The smallest absolute Gasteiger partial charge is 0.149 e. The van der Waals surface area contributed by atoms with Gasteiger partial charge in [0.15, 0.2) is 0 Å². The maximum Gasteiger partial charge on any atom is 0.149 e. The molecule has 0 unspecified atom stereocenters. The van der Waals surface area contributed by atoms with E-state index in [4.69, 9.17) is 0 Å². The van der Waals surface area contributed by atoms with Crippen LogP contribution in [0.4, 0.5) is 0 Å². The van der Waals surface area contributed by atoms with Gasteiger partial charge in [0.25, 0.3) is 0 Å². The summed E-state index contributed by atoms with van der Waals surface area (Å²) in [6.07, 6.45) is 1.87. The van der Waals surface area contributed by atoms with Gasteiger partial charge in [0.1, 0.15) is 11.9 Å². The fraction of sp³-hybridized carbons (Fsp3) is 0.111. The summed E-state index contributed by atoms with van der Waals surface area (Å²) >= 11 is 0. The lowest BCUT2D eigenvalue weighted by atomic mass is 10.1. The lowest BCUT2D eigenvalue weighted by Crippen LogP contribution is -1.86. The number of H-pyrrole nitrogens is 1. The molecule has 2 aromatic carbocycles. The summed E-state index contributed by atoms with van der Waals surface area (Å²) in [5, 5.41) is 9.43. The van der Waals surface area contributed by atoms with Crippen LogP contribution in [0.5, 0.6) is 0 Å². The van der Waals surface area contributed by atoms with Crippen molar-refractivity contribution in [3.63, 3.8) is 0 Å². The molecule has 0 atom stereocenters. The van der Waals surface area contributed by atoms with Gasteiger partial charge in [-0.2, -0.15) is 5.26 Å². The summed E-state index contributed by atoms with van der Waals surface area (Å²) in [6, 6.07) is 16.2. The Kier molecular flexibility index (Phi) is 3.29. The summed E-state index contributed by atoms with van der Waals surface area (Å²) < 4.78 is 0. The third-order valence-electron chi connectivity index (χ3n) is 3.50. The Morgan fingerprint density at radius 3 is 2.76 bits per heavy atom. The van der Waals surface area contributed by atoms with Crippen LogP contribution >= 0.6 is 0 Å². The minimum absolute atomic E-state index is 0.540. The Bertz CT molecular complexity index is 879. The molecule has 3 rings (SSSR count). The highest BCUT2D eigenvalue weighted by atomic mass is 14.9. The van der Waals surface area contributed by atoms with Gasteiger partial charge in [0.2, 0.25) is 0 Å². The minimum atomic E-state index is 0.540. The number of aromatic nitrogens is 2. The van der Waals surface area contributed by atoms with Crippen LogP contribution in [-0.2, 0) is 0 Å². The molecule has 0 saturated carbocycles. The third-order valence-corrected chi connectivity index (χ3v) is 3.50. The van der Waals surface area contributed by atoms with Crippen molar-refractivity contribution < 1.29 is 0 Å². The molecule has 1 heterocycles. The number of hydrogen-bond acceptors (Lipinski definition) is 2. The molecule has 0 spiro atoms. The molecule has 0 aliphatic rings. The van der Waals surface area contributed by atoms with E-state index in [0.717, 1.165) is 22.2 Å². The van der Waals surface area contributed by atoms with Gasteiger partial charge in [-0.25, -0.2) is 4.98 Å². The molecule has 0 saturated heterocycles. The van der Waals surface area contributed by atoms with Crippen molar-refractivity contribution in [2.75, 3.05) is 0 Å². The molecule has 0 radical (unpaired) electrons. The van der Waals surface area contributed by atoms with E-state index in [1.807, 2.05) is 62.4 Å². The Morgan fingerprint density at radius 1 is 1.19 bits per heavy atom.